The van der Waals surface area contributed by atoms with Crippen LogP contribution < -0.4 is 10.1 Å². The first-order chi connectivity index (χ1) is 9.31. The molecular formula is C12H15BrN2O5. The first-order valence-electron chi connectivity index (χ1n) is 5.80. The van der Waals surface area contributed by atoms with E-state index in [-0.39, 0.29) is 24.5 Å². The zero-order valence-electron chi connectivity index (χ0n) is 11.1. The van der Waals surface area contributed by atoms with Gasteiger partial charge in [-0.1, -0.05) is 6.07 Å². The number of nitro groups is 1. The van der Waals surface area contributed by atoms with Crippen molar-refractivity contribution in [2.45, 2.75) is 18.9 Å². The van der Waals surface area contributed by atoms with Gasteiger partial charge in [0.15, 0.2) is 0 Å². The van der Waals surface area contributed by atoms with Crippen LogP contribution in [0.1, 0.15) is 13.3 Å². The number of carboxylic acids is 1. The lowest BCUT2D eigenvalue weighted by Gasteiger charge is -2.24. The minimum absolute atomic E-state index is 0.0348. The maximum atomic E-state index is 11.1. The predicted molar refractivity (Wildman–Crippen MR) is 76.0 cm³/mol. The Kier molecular flexibility index (Phi) is 5.46. The van der Waals surface area contributed by atoms with Gasteiger partial charge in [0.2, 0.25) is 5.75 Å². The molecule has 1 atom stereocenters. The normalized spacial score (nSPS) is 13.6. The molecule has 0 aliphatic rings. The molecule has 0 amide bonds. The second-order valence-electron chi connectivity index (χ2n) is 4.33. The number of carboxylic acid groups (broad SMARTS) is 1. The van der Waals surface area contributed by atoms with Crippen molar-refractivity contribution < 1.29 is 19.6 Å². The van der Waals surface area contributed by atoms with Crippen LogP contribution in [0.4, 0.5) is 5.69 Å². The van der Waals surface area contributed by atoms with E-state index in [1.54, 1.807) is 6.07 Å². The molecule has 0 heterocycles. The number of hydrogen-bond acceptors (Lipinski definition) is 5. The summed E-state index contributed by atoms with van der Waals surface area (Å²) in [6.07, 6.45) is 0.164. The van der Waals surface area contributed by atoms with E-state index in [4.69, 9.17) is 9.84 Å². The molecule has 0 aliphatic carbocycles. The van der Waals surface area contributed by atoms with Crippen molar-refractivity contribution in [2.24, 2.45) is 0 Å². The molecule has 0 spiro atoms. The highest BCUT2D eigenvalue weighted by atomic mass is 79.9. The van der Waals surface area contributed by atoms with Crippen molar-refractivity contribution in [1.29, 1.82) is 0 Å². The third kappa shape index (κ3) is 3.67. The lowest BCUT2D eigenvalue weighted by atomic mass is 9.99. The van der Waals surface area contributed by atoms with E-state index in [1.807, 2.05) is 0 Å². The number of carbonyl (C=O) groups is 1. The number of nitro benzene ring substituents is 1. The number of nitrogens with one attached hydrogen (secondary N) is 1. The molecule has 0 aromatic heterocycles. The molecule has 20 heavy (non-hydrogen) atoms. The number of ether oxygens (including phenoxy) is 1. The van der Waals surface area contributed by atoms with Crippen LogP contribution in [0.2, 0.25) is 0 Å². The Morgan fingerprint density at radius 2 is 2.25 bits per heavy atom. The van der Waals surface area contributed by atoms with Crippen molar-refractivity contribution in [3.8, 4) is 5.75 Å². The van der Waals surface area contributed by atoms with Crippen LogP contribution in [0.5, 0.6) is 5.75 Å². The topological polar surface area (TPSA) is 102 Å². The van der Waals surface area contributed by atoms with Gasteiger partial charge in [0.05, 0.1) is 16.0 Å². The second-order valence-corrected chi connectivity index (χ2v) is 5.19. The first kappa shape index (κ1) is 16.4. The number of hydrogen-bond donors (Lipinski definition) is 2. The SMILES string of the molecule is CNC(C)(CCOc1c(Br)cccc1[N+](=O)[O-])C(=O)O. The van der Waals surface area contributed by atoms with Crippen molar-refractivity contribution in [3.05, 3.63) is 32.8 Å². The quantitative estimate of drug-likeness (QED) is 0.579. The number of rotatable bonds is 7. The van der Waals surface area contributed by atoms with Gasteiger partial charge >= 0.3 is 11.7 Å². The third-order valence-corrected chi connectivity index (χ3v) is 3.64. The van der Waals surface area contributed by atoms with Crippen molar-refractivity contribution in [3.63, 3.8) is 0 Å². The maximum Gasteiger partial charge on any atom is 0.323 e. The Hall–Kier alpha value is -1.67. The highest BCUT2D eigenvalue weighted by Crippen LogP contribution is 2.34. The van der Waals surface area contributed by atoms with Gasteiger partial charge in [-0.2, -0.15) is 0 Å². The molecule has 0 saturated carbocycles. The molecule has 8 heteroatoms. The molecule has 1 unspecified atom stereocenters. The molecular weight excluding hydrogens is 332 g/mol. The van der Waals surface area contributed by atoms with E-state index in [9.17, 15) is 14.9 Å². The average Bonchev–Trinajstić information content (AvgIpc) is 2.39. The fraction of sp³-hybridized carbons (Fsp3) is 0.417. The molecule has 0 fully saturated rings. The maximum absolute atomic E-state index is 11.1. The van der Waals surface area contributed by atoms with Gasteiger partial charge in [-0.25, -0.2) is 0 Å². The fourth-order valence-electron chi connectivity index (χ4n) is 1.48. The molecule has 0 radical (unpaired) electrons. The van der Waals surface area contributed by atoms with E-state index >= 15 is 0 Å². The Balaban J connectivity index is 2.81. The van der Waals surface area contributed by atoms with Crippen LogP contribution >= 0.6 is 15.9 Å². The minimum atomic E-state index is -1.14. The average molecular weight is 347 g/mol. The summed E-state index contributed by atoms with van der Waals surface area (Å²) in [5.41, 5.74) is -1.31. The van der Waals surface area contributed by atoms with E-state index in [1.165, 1.54) is 26.1 Å². The summed E-state index contributed by atoms with van der Waals surface area (Å²) in [4.78, 5) is 21.5. The van der Waals surface area contributed by atoms with Crippen LogP contribution in [0, 0.1) is 10.1 Å². The Bertz CT molecular complexity index is 523. The zero-order valence-corrected chi connectivity index (χ0v) is 12.6. The molecule has 0 aliphatic heterocycles. The largest absolute Gasteiger partial charge is 0.486 e. The summed E-state index contributed by atoms with van der Waals surface area (Å²) in [5.74, 6) is -0.911. The Morgan fingerprint density at radius 1 is 1.60 bits per heavy atom. The predicted octanol–water partition coefficient (Wildman–Crippen LogP) is 2.19. The summed E-state index contributed by atoms with van der Waals surface area (Å²) >= 11 is 3.18. The van der Waals surface area contributed by atoms with Crippen LogP contribution in [-0.2, 0) is 4.79 Å². The standard InChI is InChI=1S/C12H15BrN2O5/c1-12(14-2,11(16)17)6-7-20-10-8(13)4-3-5-9(10)15(18)19/h3-5,14H,6-7H2,1-2H3,(H,16,17). The van der Waals surface area contributed by atoms with E-state index in [0.717, 1.165) is 0 Å². The van der Waals surface area contributed by atoms with Crippen LogP contribution in [0.15, 0.2) is 22.7 Å². The van der Waals surface area contributed by atoms with Crippen molar-refractivity contribution >= 4 is 27.6 Å². The molecule has 1 aromatic carbocycles. The highest BCUT2D eigenvalue weighted by Gasteiger charge is 2.31. The molecule has 2 N–H and O–H groups in total. The van der Waals surface area contributed by atoms with Crippen LogP contribution in [0.3, 0.4) is 0 Å². The molecule has 1 aromatic rings. The van der Waals surface area contributed by atoms with E-state index in [2.05, 4.69) is 21.2 Å². The third-order valence-electron chi connectivity index (χ3n) is 3.02. The number of nitrogens with zero attached hydrogens (tertiary/aromatic N) is 1. The highest BCUT2D eigenvalue weighted by molar-refractivity contribution is 9.10. The smallest absolute Gasteiger partial charge is 0.323 e. The van der Waals surface area contributed by atoms with Gasteiger partial charge in [-0.15, -0.1) is 0 Å². The molecule has 1 rings (SSSR count). The lowest BCUT2D eigenvalue weighted by Crippen LogP contribution is -2.48. The van der Waals surface area contributed by atoms with Gasteiger partial charge in [0.25, 0.3) is 0 Å². The number of para-hydroxylation sites is 1. The monoisotopic (exact) mass is 346 g/mol. The molecule has 110 valence electrons. The van der Waals surface area contributed by atoms with Gasteiger partial charge in [-0.3, -0.25) is 14.9 Å². The van der Waals surface area contributed by atoms with Crippen molar-refractivity contribution in [2.75, 3.05) is 13.7 Å². The molecule has 0 bridgehead atoms. The molecule has 0 saturated heterocycles. The van der Waals surface area contributed by atoms with Gasteiger partial charge in [-0.05, 0) is 36.0 Å². The summed E-state index contributed by atoms with van der Waals surface area (Å²) < 4.78 is 5.84. The number of likely N-dealkylation sites (N-methyl/N-ethyl adjacent to an activating group) is 1. The fourth-order valence-corrected chi connectivity index (χ4v) is 1.95. The minimum Gasteiger partial charge on any atom is -0.486 e. The number of halogens is 1. The first-order valence-corrected chi connectivity index (χ1v) is 6.59. The van der Waals surface area contributed by atoms with E-state index < -0.39 is 16.4 Å². The van der Waals surface area contributed by atoms with Crippen molar-refractivity contribution in [1.82, 2.24) is 5.32 Å². The summed E-state index contributed by atoms with van der Waals surface area (Å²) in [5, 5.41) is 22.7. The van der Waals surface area contributed by atoms with Gasteiger partial charge in [0, 0.05) is 12.5 Å². The van der Waals surface area contributed by atoms with Crippen LogP contribution in [0.25, 0.3) is 0 Å². The van der Waals surface area contributed by atoms with E-state index in [0.29, 0.717) is 4.47 Å². The second kappa shape index (κ2) is 6.67. The zero-order chi connectivity index (χ0) is 15.3. The number of benzene rings is 1. The Labute approximate surface area is 124 Å². The van der Waals surface area contributed by atoms with Gasteiger partial charge in [0.1, 0.15) is 5.54 Å². The van der Waals surface area contributed by atoms with Crippen LogP contribution in [-0.4, -0.2) is 35.2 Å². The lowest BCUT2D eigenvalue weighted by molar-refractivity contribution is -0.386. The summed E-state index contributed by atoms with van der Waals surface area (Å²) in [6.45, 7) is 1.56. The van der Waals surface area contributed by atoms with Gasteiger partial charge < -0.3 is 15.2 Å². The summed E-state index contributed by atoms with van der Waals surface area (Å²) in [7, 11) is 1.54. The summed E-state index contributed by atoms with van der Waals surface area (Å²) in [6, 6.07) is 4.48. The molecule has 7 nitrogen and oxygen atoms in total. The Morgan fingerprint density at radius 3 is 2.75 bits per heavy atom. The number of aliphatic carboxylic acids is 1.